The van der Waals surface area contributed by atoms with Gasteiger partial charge < -0.3 is 5.32 Å². The van der Waals surface area contributed by atoms with Crippen LogP contribution in [-0.2, 0) is 24.7 Å². The average molecular weight is 237 g/mol. The number of Topliss-reactive ketones (excluding diaryl/α,β-unsaturated/α-hetero) is 1. The lowest BCUT2D eigenvalue weighted by Gasteiger charge is -2.19. The van der Waals surface area contributed by atoms with Gasteiger partial charge in [0.05, 0.1) is 12.2 Å². The fraction of sp³-hybridized carbons (Fsp3) is 0.692. The maximum atomic E-state index is 11.8. The van der Waals surface area contributed by atoms with Gasteiger partial charge in [-0.2, -0.15) is 5.10 Å². The summed E-state index contributed by atoms with van der Waals surface area (Å²) >= 11 is 0. The molecule has 96 valence electrons. The Morgan fingerprint density at radius 3 is 2.59 bits per heavy atom. The van der Waals surface area contributed by atoms with Crippen molar-refractivity contribution >= 4 is 5.78 Å². The average Bonchev–Trinajstić information content (AvgIpc) is 2.56. The first-order chi connectivity index (χ1) is 7.81. The van der Waals surface area contributed by atoms with Crippen molar-refractivity contribution < 1.29 is 4.79 Å². The Balaban J connectivity index is 2.53. The number of nitrogens with zero attached hydrogens (tertiary/aromatic N) is 2. The summed E-state index contributed by atoms with van der Waals surface area (Å²) in [5.74, 6) is 0.200. The topological polar surface area (TPSA) is 46.9 Å². The summed E-state index contributed by atoms with van der Waals surface area (Å²) in [5.41, 5.74) is 2.01. The van der Waals surface area contributed by atoms with Gasteiger partial charge >= 0.3 is 0 Å². The molecule has 0 aliphatic heterocycles. The maximum absolute atomic E-state index is 11.8. The summed E-state index contributed by atoms with van der Waals surface area (Å²) in [6.45, 7) is 8.64. The summed E-state index contributed by atoms with van der Waals surface area (Å²) in [6.07, 6.45) is 1.36. The largest absolute Gasteiger partial charge is 0.305 e. The van der Waals surface area contributed by atoms with E-state index < -0.39 is 0 Å². The molecule has 0 aliphatic rings. The van der Waals surface area contributed by atoms with Gasteiger partial charge in [-0.1, -0.05) is 6.92 Å². The van der Waals surface area contributed by atoms with Crippen molar-refractivity contribution in [3.63, 3.8) is 0 Å². The Bertz CT molecular complexity index is 388. The van der Waals surface area contributed by atoms with Gasteiger partial charge in [-0.15, -0.1) is 0 Å². The summed E-state index contributed by atoms with van der Waals surface area (Å²) in [4.78, 5) is 11.8. The lowest BCUT2D eigenvalue weighted by molar-refractivity contribution is -0.118. The summed E-state index contributed by atoms with van der Waals surface area (Å²) in [7, 11) is 1.89. The molecule has 0 saturated heterocycles. The predicted molar refractivity (Wildman–Crippen MR) is 69.1 cm³/mol. The van der Waals surface area contributed by atoms with Crippen LogP contribution in [-0.4, -0.2) is 27.6 Å². The van der Waals surface area contributed by atoms with Crippen molar-refractivity contribution in [1.29, 1.82) is 0 Å². The first kappa shape index (κ1) is 13.9. The minimum absolute atomic E-state index is 0.0172. The van der Waals surface area contributed by atoms with Gasteiger partial charge in [0.15, 0.2) is 5.78 Å². The van der Waals surface area contributed by atoms with Crippen LogP contribution in [0, 0.1) is 0 Å². The molecule has 0 aliphatic carbocycles. The molecule has 1 aromatic heterocycles. The first-order valence-corrected chi connectivity index (χ1v) is 6.10. The molecule has 4 heteroatoms. The Labute approximate surface area is 103 Å². The molecule has 0 bridgehead atoms. The third-order valence-electron chi connectivity index (χ3n) is 2.58. The van der Waals surface area contributed by atoms with Crippen LogP contribution in [0.3, 0.4) is 0 Å². The summed E-state index contributed by atoms with van der Waals surface area (Å²) in [6, 6.07) is 2.01. The van der Waals surface area contributed by atoms with Crippen LogP contribution in [0.1, 0.15) is 39.1 Å². The van der Waals surface area contributed by atoms with Crippen LogP contribution in [0.2, 0.25) is 0 Å². The highest BCUT2D eigenvalue weighted by atomic mass is 16.1. The number of hydrogen-bond acceptors (Lipinski definition) is 3. The van der Waals surface area contributed by atoms with Crippen LogP contribution < -0.4 is 5.32 Å². The van der Waals surface area contributed by atoms with E-state index in [1.54, 1.807) is 4.68 Å². The van der Waals surface area contributed by atoms with E-state index in [1.165, 1.54) is 0 Å². The van der Waals surface area contributed by atoms with Gasteiger partial charge in [-0.3, -0.25) is 9.48 Å². The Morgan fingerprint density at radius 1 is 1.47 bits per heavy atom. The zero-order chi connectivity index (χ0) is 13.1. The standard InChI is InChI=1S/C13H23N3O/c1-6-10-7-11(16(5)15-10)8-12(17)9-14-13(2,3)4/h7,14H,6,8-9H2,1-5H3. The highest BCUT2D eigenvalue weighted by Crippen LogP contribution is 2.05. The fourth-order valence-electron chi connectivity index (χ4n) is 1.54. The molecular formula is C13H23N3O. The van der Waals surface area contributed by atoms with Gasteiger partial charge in [-0.05, 0) is 33.3 Å². The van der Waals surface area contributed by atoms with E-state index in [9.17, 15) is 4.79 Å². The van der Waals surface area contributed by atoms with E-state index in [4.69, 9.17) is 0 Å². The van der Waals surface area contributed by atoms with Gasteiger partial charge in [0.1, 0.15) is 0 Å². The molecule has 0 unspecified atom stereocenters. The second-order valence-corrected chi connectivity index (χ2v) is 5.42. The lowest BCUT2D eigenvalue weighted by atomic mass is 10.1. The molecule has 0 fully saturated rings. The van der Waals surface area contributed by atoms with E-state index in [2.05, 4.69) is 38.1 Å². The van der Waals surface area contributed by atoms with E-state index in [0.29, 0.717) is 13.0 Å². The third-order valence-corrected chi connectivity index (χ3v) is 2.58. The smallest absolute Gasteiger partial charge is 0.152 e. The second-order valence-electron chi connectivity index (χ2n) is 5.42. The molecule has 0 spiro atoms. The number of nitrogens with one attached hydrogen (secondary N) is 1. The van der Waals surface area contributed by atoms with Crippen molar-refractivity contribution in [3.8, 4) is 0 Å². The number of aryl methyl sites for hydroxylation is 2. The van der Waals surface area contributed by atoms with E-state index in [-0.39, 0.29) is 11.3 Å². The van der Waals surface area contributed by atoms with E-state index >= 15 is 0 Å². The number of aromatic nitrogens is 2. The SMILES string of the molecule is CCc1cc(CC(=O)CNC(C)(C)C)n(C)n1. The van der Waals surface area contributed by atoms with Crippen LogP contribution in [0.15, 0.2) is 6.07 Å². The van der Waals surface area contributed by atoms with Gasteiger partial charge in [-0.25, -0.2) is 0 Å². The van der Waals surface area contributed by atoms with Crippen molar-refractivity contribution in [3.05, 3.63) is 17.5 Å². The van der Waals surface area contributed by atoms with E-state index in [1.807, 2.05) is 13.1 Å². The molecule has 1 aromatic rings. The zero-order valence-corrected chi connectivity index (χ0v) is 11.5. The minimum atomic E-state index is -0.0172. The van der Waals surface area contributed by atoms with Crippen LogP contribution in [0.5, 0.6) is 0 Å². The quantitative estimate of drug-likeness (QED) is 0.844. The predicted octanol–water partition coefficient (Wildman–Crippen LogP) is 1.48. The molecule has 1 rings (SSSR count). The number of hydrogen-bond donors (Lipinski definition) is 1. The Morgan fingerprint density at radius 2 is 2.12 bits per heavy atom. The van der Waals surface area contributed by atoms with Crippen molar-refractivity contribution in [2.45, 2.75) is 46.1 Å². The summed E-state index contributed by atoms with van der Waals surface area (Å²) < 4.78 is 1.80. The van der Waals surface area contributed by atoms with E-state index in [0.717, 1.165) is 17.8 Å². The minimum Gasteiger partial charge on any atom is -0.305 e. The number of carbonyl (C=O) groups excluding carboxylic acids is 1. The van der Waals surface area contributed by atoms with Crippen molar-refractivity contribution in [2.75, 3.05) is 6.54 Å². The van der Waals surface area contributed by atoms with Crippen LogP contribution in [0.4, 0.5) is 0 Å². The number of carbonyl (C=O) groups is 1. The molecule has 0 saturated carbocycles. The summed E-state index contributed by atoms with van der Waals surface area (Å²) in [5, 5.41) is 7.54. The monoisotopic (exact) mass is 237 g/mol. The van der Waals surface area contributed by atoms with Gasteiger partial charge in [0, 0.05) is 24.7 Å². The highest BCUT2D eigenvalue weighted by molar-refractivity contribution is 5.82. The number of rotatable bonds is 5. The fourth-order valence-corrected chi connectivity index (χ4v) is 1.54. The first-order valence-electron chi connectivity index (χ1n) is 6.10. The third kappa shape index (κ3) is 4.69. The van der Waals surface area contributed by atoms with Crippen molar-refractivity contribution in [1.82, 2.24) is 15.1 Å². The normalized spacial score (nSPS) is 11.8. The van der Waals surface area contributed by atoms with Gasteiger partial charge in [0.2, 0.25) is 0 Å². The molecule has 0 atom stereocenters. The van der Waals surface area contributed by atoms with Gasteiger partial charge in [0.25, 0.3) is 0 Å². The molecule has 17 heavy (non-hydrogen) atoms. The highest BCUT2D eigenvalue weighted by Gasteiger charge is 2.13. The Hall–Kier alpha value is -1.16. The molecular weight excluding hydrogens is 214 g/mol. The van der Waals surface area contributed by atoms with Crippen molar-refractivity contribution in [2.24, 2.45) is 7.05 Å². The number of ketones is 1. The Kier molecular flexibility index (Phi) is 4.46. The molecule has 0 radical (unpaired) electrons. The van der Waals surface area contributed by atoms with Crippen LogP contribution >= 0.6 is 0 Å². The second kappa shape index (κ2) is 5.45. The molecule has 0 amide bonds. The lowest BCUT2D eigenvalue weighted by Crippen LogP contribution is -2.39. The molecule has 1 N–H and O–H groups in total. The van der Waals surface area contributed by atoms with Crippen LogP contribution in [0.25, 0.3) is 0 Å². The zero-order valence-electron chi connectivity index (χ0n) is 11.5. The maximum Gasteiger partial charge on any atom is 0.152 e. The molecule has 0 aromatic carbocycles. The molecule has 4 nitrogen and oxygen atoms in total. The molecule has 1 heterocycles.